The number of aliphatic hydroxyl groups excluding tert-OH is 1. The molecule has 3 N–H and O–H groups in total. The van der Waals surface area contributed by atoms with Crippen molar-refractivity contribution in [1.29, 1.82) is 0 Å². The van der Waals surface area contributed by atoms with Crippen molar-refractivity contribution >= 4 is 39.5 Å². The first kappa shape index (κ1) is 84.1. The summed E-state index contributed by atoms with van der Waals surface area (Å²) >= 11 is 0. The lowest BCUT2D eigenvalue weighted by atomic mass is 10.0. The van der Waals surface area contributed by atoms with Crippen LogP contribution in [0.3, 0.4) is 0 Å². The molecular formula is C67H130O17P2. The van der Waals surface area contributed by atoms with E-state index in [1.165, 1.54) is 161 Å². The maximum Gasteiger partial charge on any atom is 0.472 e. The highest BCUT2D eigenvalue weighted by molar-refractivity contribution is 7.47. The molecule has 17 nitrogen and oxygen atoms in total. The number of carbonyl (C=O) groups is 4. The van der Waals surface area contributed by atoms with Crippen LogP contribution in [0.5, 0.6) is 0 Å². The van der Waals surface area contributed by atoms with E-state index < -0.39 is 97.5 Å². The monoisotopic (exact) mass is 1270 g/mol. The first-order valence-electron chi connectivity index (χ1n) is 35.1. The molecule has 0 aliphatic carbocycles. The molecule has 0 saturated heterocycles. The molecule has 0 aromatic rings. The molecule has 0 fully saturated rings. The number of hydrogen-bond acceptors (Lipinski definition) is 15. The number of aliphatic hydroxyl groups is 1. The Hall–Kier alpha value is -1.94. The Morgan fingerprint density at radius 3 is 0.791 bits per heavy atom. The largest absolute Gasteiger partial charge is 0.472 e. The molecule has 0 spiro atoms. The minimum atomic E-state index is -4.94. The van der Waals surface area contributed by atoms with E-state index in [1.807, 2.05) is 0 Å². The normalized spacial score (nSPS) is 14.2. The summed E-state index contributed by atoms with van der Waals surface area (Å²) in [7, 11) is -9.87. The molecule has 0 rings (SSSR count). The zero-order valence-electron chi connectivity index (χ0n) is 55.4. The van der Waals surface area contributed by atoms with E-state index in [-0.39, 0.29) is 25.7 Å². The lowest BCUT2D eigenvalue weighted by Gasteiger charge is -2.21. The third-order valence-corrected chi connectivity index (χ3v) is 17.4. The van der Waals surface area contributed by atoms with Crippen LogP contribution in [-0.4, -0.2) is 96.7 Å². The molecule has 0 amide bonds. The van der Waals surface area contributed by atoms with Gasteiger partial charge in [0.05, 0.1) is 26.4 Å². The second-order valence-electron chi connectivity index (χ2n) is 24.7. The van der Waals surface area contributed by atoms with Crippen LogP contribution in [0.4, 0.5) is 0 Å². The quantitative estimate of drug-likeness (QED) is 0.0222. The zero-order valence-corrected chi connectivity index (χ0v) is 57.2. The number of hydrogen-bond donors (Lipinski definition) is 3. The molecule has 0 radical (unpaired) electrons. The fraction of sp³-hybridized carbons (Fsp3) is 0.940. The summed E-state index contributed by atoms with van der Waals surface area (Å²) in [4.78, 5) is 71.8. The van der Waals surface area contributed by atoms with E-state index >= 15 is 0 Å². The Bertz CT molecular complexity index is 1670. The molecule has 0 aromatic carbocycles. The number of carbonyl (C=O) groups excluding carboxylic acids is 4. The maximum atomic E-state index is 13.0. The van der Waals surface area contributed by atoms with Crippen molar-refractivity contribution in [2.75, 3.05) is 39.6 Å². The molecule has 0 aromatic heterocycles. The van der Waals surface area contributed by atoms with Gasteiger partial charge in [0.25, 0.3) is 0 Å². The molecule has 0 aliphatic rings. The zero-order chi connectivity index (χ0) is 63.5. The highest BCUT2D eigenvalue weighted by Crippen LogP contribution is 2.45. The number of phosphoric ester groups is 2. The molecule has 5 atom stereocenters. The van der Waals surface area contributed by atoms with Gasteiger partial charge in [0, 0.05) is 25.7 Å². The summed E-state index contributed by atoms with van der Waals surface area (Å²) < 4.78 is 67.7. The molecule has 0 heterocycles. The third-order valence-electron chi connectivity index (χ3n) is 15.5. The standard InChI is InChI=1S/C67H130O17P2/c1-6-9-12-15-16-17-18-19-20-21-25-28-31-34-37-42-46-51-65(70)78-57-63(84-67(72)53-48-43-38-35-32-29-26-23-22-24-27-30-33-36-41-44-49-60(4)5)59-82-86(75,76)80-55-61(68)54-79-85(73,74)81-58-62(83-66(71)52-47-40-14-11-8-3)56-77-64(69)50-45-39-13-10-7-2/h60-63,68H,6-59H2,1-5H3,(H,73,74)(H,75,76)/t61-,62+,63+/m0/s1. The van der Waals surface area contributed by atoms with E-state index in [9.17, 15) is 43.2 Å². The van der Waals surface area contributed by atoms with Crippen LogP contribution >= 0.6 is 15.6 Å². The van der Waals surface area contributed by atoms with Crippen LogP contribution < -0.4 is 0 Å². The average molecular weight is 1270 g/mol. The summed E-state index contributed by atoms with van der Waals surface area (Å²) in [6.07, 6.45) is 46.8. The van der Waals surface area contributed by atoms with Gasteiger partial charge < -0.3 is 33.8 Å². The Balaban J connectivity index is 5.06. The van der Waals surface area contributed by atoms with Crippen molar-refractivity contribution < 1.29 is 80.2 Å². The van der Waals surface area contributed by atoms with Crippen molar-refractivity contribution in [2.24, 2.45) is 5.92 Å². The van der Waals surface area contributed by atoms with Crippen molar-refractivity contribution in [3.63, 3.8) is 0 Å². The van der Waals surface area contributed by atoms with Gasteiger partial charge in [-0.15, -0.1) is 0 Å². The van der Waals surface area contributed by atoms with E-state index in [0.717, 1.165) is 102 Å². The number of esters is 4. The summed E-state index contributed by atoms with van der Waals surface area (Å²) in [5.41, 5.74) is 0. The van der Waals surface area contributed by atoms with Crippen molar-refractivity contribution in [2.45, 2.75) is 361 Å². The molecule has 2 unspecified atom stereocenters. The minimum absolute atomic E-state index is 0.0990. The van der Waals surface area contributed by atoms with Gasteiger partial charge in [0.15, 0.2) is 12.2 Å². The van der Waals surface area contributed by atoms with E-state index in [1.54, 1.807) is 0 Å². The lowest BCUT2D eigenvalue weighted by Crippen LogP contribution is -2.30. The van der Waals surface area contributed by atoms with Crippen LogP contribution in [0, 0.1) is 5.92 Å². The van der Waals surface area contributed by atoms with Gasteiger partial charge in [0.1, 0.15) is 19.3 Å². The van der Waals surface area contributed by atoms with E-state index in [0.29, 0.717) is 25.7 Å². The van der Waals surface area contributed by atoms with Gasteiger partial charge >= 0.3 is 39.5 Å². The van der Waals surface area contributed by atoms with Gasteiger partial charge in [-0.1, -0.05) is 291 Å². The van der Waals surface area contributed by atoms with Crippen molar-refractivity contribution in [3.05, 3.63) is 0 Å². The van der Waals surface area contributed by atoms with Crippen LogP contribution in [0.2, 0.25) is 0 Å². The fourth-order valence-corrected chi connectivity index (χ4v) is 11.7. The van der Waals surface area contributed by atoms with Crippen LogP contribution in [0.25, 0.3) is 0 Å². The summed E-state index contributed by atoms with van der Waals surface area (Å²) in [5.74, 6) is -1.34. The van der Waals surface area contributed by atoms with Gasteiger partial charge in [-0.3, -0.25) is 37.3 Å². The second-order valence-corrected chi connectivity index (χ2v) is 27.6. The van der Waals surface area contributed by atoms with Gasteiger partial charge in [0.2, 0.25) is 0 Å². The fourth-order valence-electron chi connectivity index (χ4n) is 10.1. The average Bonchev–Trinajstić information content (AvgIpc) is 3.51. The Kier molecular flexibility index (Phi) is 59.2. The highest BCUT2D eigenvalue weighted by atomic mass is 31.2. The van der Waals surface area contributed by atoms with Crippen molar-refractivity contribution in [3.8, 4) is 0 Å². The van der Waals surface area contributed by atoms with E-state index in [2.05, 4.69) is 34.6 Å². The second kappa shape index (κ2) is 60.6. The maximum absolute atomic E-state index is 13.0. The Labute approximate surface area is 524 Å². The first-order valence-corrected chi connectivity index (χ1v) is 38.1. The molecule has 0 aliphatic heterocycles. The molecular weight excluding hydrogens is 1140 g/mol. The number of rotatable bonds is 67. The van der Waals surface area contributed by atoms with Gasteiger partial charge in [-0.25, -0.2) is 9.13 Å². The third kappa shape index (κ3) is 60.9. The summed E-state index contributed by atoms with van der Waals surface area (Å²) in [5, 5.41) is 10.5. The van der Waals surface area contributed by atoms with Gasteiger partial charge in [-0.05, 0) is 31.6 Å². The van der Waals surface area contributed by atoms with Gasteiger partial charge in [-0.2, -0.15) is 0 Å². The first-order chi connectivity index (χ1) is 41.5. The predicted molar refractivity (Wildman–Crippen MR) is 345 cm³/mol. The highest BCUT2D eigenvalue weighted by Gasteiger charge is 2.30. The number of unbranched alkanes of at least 4 members (excludes halogenated alkanes) is 39. The number of ether oxygens (including phenoxy) is 4. The molecule has 0 bridgehead atoms. The van der Waals surface area contributed by atoms with Crippen molar-refractivity contribution in [1.82, 2.24) is 0 Å². The molecule has 510 valence electrons. The Morgan fingerprint density at radius 1 is 0.314 bits per heavy atom. The van der Waals surface area contributed by atoms with Crippen LogP contribution in [0.15, 0.2) is 0 Å². The van der Waals surface area contributed by atoms with Crippen LogP contribution in [-0.2, 0) is 65.4 Å². The SMILES string of the molecule is CCCCCCCCCCCCCCCCCCCC(=O)OC[C@H](COP(=O)(O)OC[C@@H](O)COP(=O)(O)OC[C@@H](COC(=O)CCCCCCC)OC(=O)CCCCCCC)OC(=O)CCCCCCCCCCCCCCCCCCC(C)C. The number of phosphoric acid groups is 2. The topological polar surface area (TPSA) is 237 Å². The molecule has 19 heteroatoms. The minimum Gasteiger partial charge on any atom is -0.462 e. The molecule has 86 heavy (non-hydrogen) atoms. The van der Waals surface area contributed by atoms with Crippen LogP contribution in [0.1, 0.15) is 343 Å². The molecule has 0 saturated carbocycles. The smallest absolute Gasteiger partial charge is 0.462 e. The Morgan fingerprint density at radius 2 is 0.535 bits per heavy atom. The van der Waals surface area contributed by atoms with E-state index in [4.69, 9.17) is 37.0 Å². The summed E-state index contributed by atoms with van der Waals surface area (Å²) in [6, 6.07) is 0. The summed E-state index contributed by atoms with van der Waals surface area (Å²) in [6.45, 7) is 7.07. The predicted octanol–water partition coefficient (Wildman–Crippen LogP) is 19.0. The lowest BCUT2D eigenvalue weighted by molar-refractivity contribution is -0.161.